The number of rotatable bonds is 3. The molecule has 0 radical (unpaired) electrons. The minimum atomic E-state index is 0.672. The van der Waals surface area contributed by atoms with E-state index in [-0.39, 0.29) is 0 Å². The summed E-state index contributed by atoms with van der Waals surface area (Å²) in [5.74, 6) is 5.01. The summed E-state index contributed by atoms with van der Waals surface area (Å²) in [6, 6.07) is 0. The summed E-state index contributed by atoms with van der Waals surface area (Å²) in [5.41, 5.74) is 2.49. The second kappa shape index (κ2) is 3.10. The predicted octanol–water partition coefficient (Wildman–Crippen LogP) is -1.86. The molecule has 0 amide bonds. The third-order valence-electron chi connectivity index (χ3n) is 0.877. The lowest BCUT2D eigenvalue weighted by molar-refractivity contribution is 0.550. The number of hydrazine groups is 1. The maximum atomic E-state index is 5.01. The molecule has 0 unspecified atom stereocenters. The lowest BCUT2D eigenvalue weighted by atomic mass is 10.7. The highest BCUT2D eigenvalue weighted by Crippen LogP contribution is 1.72. The zero-order valence-electron chi connectivity index (χ0n) is 4.86. The van der Waals surface area contributed by atoms with E-state index < -0.39 is 0 Å². The molecule has 0 bridgehead atoms. The Balaban J connectivity index is 2.30. The van der Waals surface area contributed by atoms with Gasteiger partial charge >= 0.3 is 0 Å². The summed E-state index contributed by atoms with van der Waals surface area (Å²) in [6.07, 6.45) is 1.54. The SMILES string of the molecule is NNCCn1cnnn1. The van der Waals surface area contributed by atoms with E-state index in [2.05, 4.69) is 21.0 Å². The van der Waals surface area contributed by atoms with Crippen molar-refractivity contribution in [2.45, 2.75) is 6.54 Å². The molecule has 0 aromatic carbocycles. The van der Waals surface area contributed by atoms with Crippen LogP contribution in [0, 0.1) is 0 Å². The van der Waals surface area contributed by atoms with Crippen molar-refractivity contribution in [1.29, 1.82) is 0 Å². The van der Waals surface area contributed by atoms with Crippen molar-refractivity contribution in [1.82, 2.24) is 25.6 Å². The van der Waals surface area contributed by atoms with Gasteiger partial charge in [-0.3, -0.25) is 11.3 Å². The predicted molar refractivity (Wildman–Crippen MR) is 30.0 cm³/mol. The normalized spacial score (nSPS) is 9.89. The average molecular weight is 128 g/mol. The summed E-state index contributed by atoms with van der Waals surface area (Å²) >= 11 is 0. The number of aromatic nitrogens is 4. The van der Waals surface area contributed by atoms with Crippen molar-refractivity contribution in [2.24, 2.45) is 5.84 Å². The number of tetrazole rings is 1. The summed E-state index contributed by atoms with van der Waals surface area (Å²) < 4.78 is 1.60. The molecule has 1 rings (SSSR count). The molecule has 0 fully saturated rings. The minimum absolute atomic E-state index is 0.672. The third kappa shape index (κ3) is 1.74. The first kappa shape index (κ1) is 6.12. The van der Waals surface area contributed by atoms with Crippen molar-refractivity contribution in [3.8, 4) is 0 Å². The van der Waals surface area contributed by atoms with E-state index in [0.29, 0.717) is 13.1 Å². The van der Waals surface area contributed by atoms with Crippen molar-refractivity contribution in [2.75, 3.05) is 6.54 Å². The zero-order chi connectivity index (χ0) is 6.53. The maximum absolute atomic E-state index is 5.01. The molecule has 0 aliphatic heterocycles. The Hall–Kier alpha value is -1.01. The number of hydrogen-bond donors (Lipinski definition) is 2. The van der Waals surface area contributed by atoms with Crippen LogP contribution in [-0.2, 0) is 6.54 Å². The van der Waals surface area contributed by atoms with Gasteiger partial charge < -0.3 is 0 Å². The highest BCUT2D eigenvalue weighted by atomic mass is 15.5. The Labute approximate surface area is 52.0 Å². The molecule has 1 aromatic heterocycles. The van der Waals surface area contributed by atoms with E-state index in [9.17, 15) is 0 Å². The third-order valence-corrected chi connectivity index (χ3v) is 0.877. The summed E-state index contributed by atoms with van der Waals surface area (Å²) in [5, 5.41) is 10.5. The van der Waals surface area contributed by atoms with Gasteiger partial charge in [0.2, 0.25) is 0 Å². The first-order valence-electron chi connectivity index (χ1n) is 2.57. The van der Waals surface area contributed by atoms with Crippen LogP contribution in [0.15, 0.2) is 6.33 Å². The molecule has 50 valence electrons. The van der Waals surface area contributed by atoms with Crippen molar-refractivity contribution in [3.05, 3.63) is 6.33 Å². The molecular weight excluding hydrogens is 120 g/mol. The largest absolute Gasteiger partial charge is 0.271 e. The molecule has 0 atom stereocenters. The molecule has 9 heavy (non-hydrogen) atoms. The van der Waals surface area contributed by atoms with Crippen LogP contribution in [0.1, 0.15) is 0 Å². The minimum Gasteiger partial charge on any atom is -0.271 e. The Morgan fingerprint density at radius 3 is 3.11 bits per heavy atom. The zero-order valence-corrected chi connectivity index (χ0v) is 4.86. The Morgan fingerprint density at radius 1 is 1.67 bits per heavy atom. The van der Waals surface area contributed by atoms with Gasteiger partial charge in [0.25, 0.3) is 0 Å². The van der Waals surface area contributed by atoms with Gasteiger partial charge in [0, 0.05) is 6.54 Å². The topological polar surface area (TPSA) is 81.6 Å². The van der Waals surface area contributed by atoms with E-state index in [0.717, 1.165) is 0 Å². The fourth-order valence-corrected chi connectivity index (χ4v) is 0.462. The molecule has 6 nitrogen and oxygen atoms in total. The van der Waals surface area contributed by atoms with E-state index in [4.69, 9.17) is 5.84 Å². The quantitative estimate of drug-likeness (QED) is 0.368. The summed E-state index contributed by atoms with van der Waals surface area (Å²) in [7, 11) is 0. The number of nitrogens with two attached hydrogens (primary N) is 1. The van der Waals surface area contributed by atoms with Crippen LogP contribution in [0.5, 0.6) is 0 Å². The molecule has 0 saturated heterocycles. The second-order valence-electron chi connectivity index (χ2n) is 1.53. The van der Waals surface area contributed by atoms with E-state index >= 15 is 0 Å². The molecule has 6 heteroatoms. The van der Waals surface area contributed by atoms with Crippen LogP contribution in [-0.4, -0.2) is 26.8 Å². The molecule has 1 heterocycles. The monoisotopic (exact) mass is 128 g/mol. The number of nitrogens with zero attached hydrogens (tertiary/aromatic N) is 4. The molecule has 1 aromatic rings. The van der Waals surface area contributed by atoms with Crippen molar-refractivity contribution >= 4 is 0 Å². The molecule has 3 N–H and O–H groups in total. The molecule has 0 spiro atoms. The van der Waals surface area contributed by atoms with Crippen LogP contribution >= 0.6 is 0 Å². The maximum Gasteiger partial charge on any atom is 0.138 e. The molecule has 0 saturated carbocycles. The van der Waals surface area contributed by atoms with Crippen molar-refractivity contribution < 1.29 is 0 Å². The van der Waals surface area contributed by atoms with Crippen LogP contribution in [0.4, 0.5) is 0 Å². The van der Waals surface area contributed by atoms with E-state index in [1.54, 1.807) is 4.68 Å². The first-order chi connectivity index (χ1) is 4.43. The summed E-state index contributed by atoms with van der Waals surface area (Å²) in [4.78, 5) is 0. The van der Waals surface area contributed by atoms with Gasteiger partial charge in [0.15, 0.2) is 0 Å². The van der Waals surface area contributed by atoms with Gasteiger partial charge in [-0.1, -0.05) is 0 Å². The summed E-state index contributed by atoms with van der Waals surface area (Å²) in [6.45, 7) is 1.37. The Kier molecular flexibility index (Phi) is 2.11. The van der Waals surface area contributed by atoms with Crippen molar-refractivity contribution in [3.63, 3.8) is 0 Å². The van der Waals surface area contributed by atoms with Gasteiger partial charge in [0.05, 0.1) is 6.54 Å². The Bertz CT molecular complexity index is 145. The van der Waals surface area contributed by atoms with Gasteiger partial charge in [-0.2, -0.15) is 0 Å². The fourth-order valence-electron chi connectivity index (χ4n) is 0.462. The smallest absolute Gasteiger partial charge is 0.138 e. The van der Waals surface area contributed by atoms with Crippen LogP contribution in [0.3, 0.4) is 0 Å². The van der Waals surface area contributed by atoms with E-state index in [1.807, 2.05) is 0 Å². The first-order valence-corrected chi connectivity index (χ1v) is 2.57. The lowest BCUT2D eigenvalue weighted by Gasteiger charge is -1.94. The van der Waals surface area contributed by atoms with E-state index in [1.165, 1.54) is 6.33 Å². The van der Waals surface area contributed by atoms with Crippen LogP contribution in [0.2, 0.25) is 0 Å². The highest BCUT2D eigenvalue weighted by molar-refractivity contribution is 4.46. The number of hydrogen-bond acceptors (Lipinski definition) is 5. The molecule has 0 aliphatic carbocycles. The highest BCUT2D eigenvalue weighted by Gasteiger charge is 1.87. The standard InChI is InChI=1S/C3H8N6/c4-5-1-2-9-3-6-7-8-9/h3,5H,1-2,4H2. The van der Waals surface area contributed by atoms with Crippen LogP contribution in [0.25, 0.3) is 0 Å². The average Bonchev–Trinajstić information content (AvgIpc) is 2.34. The van der Waals surface area contributed by atoms with Gasteiger partial charge in [-0.15, -0.1) is 5.10 Å². The molecule has 0 aliphatic rings. The van der Waals surface area contributed by atoms with Gasteiger partial charge in [-0.05, 0) is 10.4 Å². The second-order valence-corrected chi connectivity index (χ2v) is 1.53. The van der Waals surface area contributed by atoms with Gasteiger partial charge in [0.1, 0.15) is 6.33 Å². The van der Waals surface area contributed by atoms with Crippen LogP contribution < -0.4 is 11.3 Å². The number of nitrogens with one attached hydrogen (secondary N) is 1. The molecular formula is C3H8N6. The fraction of sp³-hybridized carbons (Fsp3) is 0.667. The van der Waals surface area contributed by atoms with Gasteiger partial charge in [-0.25, -0.2) is 4.68 Å². The Morgan fingerprint density at radius 2 is 2.56 bits per heavy atom. The lowest BCUT2D eigenvalue weighted by Crippen LogP contribution is -2.26.